The topological polar surface area (TPSA) is 184 Å². The van der Waals surface area contributed by atoms with Crippen molar-refractivity contribution in [1.82, 2.24) is 30.1 Å². The molecule has 14 heteroatoms. The van der Waals surface area contributed by atoms with Crippen LogP contribution in [0.1, 0.15) is 110 Å². The Hall–Kier alpha value is -4.75. The Balaban J connectivity index is 0. The van der Waals surface area contributed by atoms with Crippen molar-refractivity contribution < 1.29 is 38.9 Å². The SMILES string of the molecule is C.CN(Cc1cncc(C(C)(C)O)c1)C(=O)OC(C)(C)C.CNCc1cncc(C(C)(C)O)c1.Cc1cncc(CN(C)C(=O)OC(C)(C)C)c1.O=C=O. The van der Waals surface area contributed by atoms with E-state index < -0.39 is 22.4 Å². The molecule has 3 aromatic rings. The predicted molar refractivity (Wildman–Crippen MR) is 208 cm³/mol. The number of aromatic nitrogens is 3. The molecule has 3 heterocycles. The molecule has 54 heavy (non-hydrogen) atoms. The van der Waals surface area contributed by atoms with E-state index in [1.165, 1.54) is 4.90 Å². The first-order chi connectivity index (χ1) is 24.2. The largest absolute Gasteiger partial charge is 0.444 e. The molecular formula is C40H64N6O8. The van der Waals surface area contributed by atoms with Crippen LogP contribution in [0.2, 0.25) is 0 Å². The lowest BCUT2D eigenvalue weighted by atomic mass is 9.99. The Morgan fingerprint density at radius 3 is 1.33 bits per heavy atom. The number of amides is 2. The normalized spacial score (nSPS) is 11.0. The molecule has 0 fully saturated rings. The Labute approximate surface area is 322 Å². The summed E-state index contributed by atoms with van der Waals surface area (Å²) in [5, 5.41) is 22.7. The van der Waals surface area contributed by atoms with E-state index in [0.717, 1.165) is 34.4 Å². The van der Waals surface area contributed by atoms with E-state index in [1.54, 1.807) is 83.9 Å². The minimum absolute atomic E-state index is 0. The second kappa shape index (κ2) is 23.1. The highest BCUT2D eigenvalue weighted by atomic mass is 16.6. The fraction of sp³-hybridized carbons (Fsp3) is 0.550. The summed E-state index contributed by atoms with van der Waals surface area (Å²) in [6, 6.07) is 5.81. The van der Waals surface area contributed by atoms with Crippen LogP contribution in [0.5, 0.6) is 0 Å². The smallest absolute Gasteiger partial charge is 0.410 e. The van der Waals surface area contributed by atoms with Crippen molar-refractivity contribution in [3.63, 3.8) is 0 Å². The molecule has 0 aliphatic heterocycles. The van der Waals surface area contributed by atoms with E-state index in [0.29, 0.717) is 18.7 Å². The van der Waals surface area contributed by atoms with Gasteiger partial charge in [0, 0.05) is 68.9 Å². The van der Waals surface area contributed by atoms with E-state index in [-0.39, 0.29) is 25.8 Å². The number of aliphatic hydroxyl groups is 2. The standard InChI is InChI=1S/C15H24N2O3.C13H20N2O2.C10H16N2O.CO2.CH4/c1-14(2,3)20-13(18)17(6)10-11-7-12(9-16-8-11)15(4,5)19;1-10-6-11(8-14-7-10)9-15(5)12(16)17-13(2,3)4;1-10(2,13)9-4-8(5-11-3)6-12-7-9;2-1-3;/h7-9,19H,10H2,1-6H3;6-8H,9H2,1-5H3;4,6-7,11,13H,5H2,1-3H3;;1H4. The van der Waals surface area contributed by atoms with Crippen molar-refractivity contribution in [2.75, 3.05) is 21.1 Å². The average Bonchev–Trinajstić information content (AvgIpc) is 3.00. The van der Waals surface area contributed by atoms with Crippen molar-refractivity contribution in [3.8, 4) is 0 Å². The maximum absolute atomic E-state index is 11.9. The molecular weight excluding hydrogens is 692 g/mol. The fourth-order valence-corrected chi connectivity index (χ4v) is 4.09. The number of nitrogens with one attached hydrogen (secondary N) is 1. The second-order valence-electron chi connectivity index (χ2n) is 15.4. The van der Waals surface area contributed by atoms with Gasteiger partial charge in [0.15, 0.2) is 0 Å². The Morgan fingerprint density at radius 2 is 1.00 bits per heavy atom. The zero-order chi connectivity index (χ0) is 41.2. The zero-order valence-corrected chi connectivity index (χ0v) is 33.9. The molecule has 0 aliphatic rings. The van der Waals surface area contributed by atoms with Gasteiger partial charge in [0.25, 0.3) is 0 Å². The summed E-state index contributed by atoms with van der Waals surface area (Å²) >= 11 is 0. The number of rotatable bonds is 8. The summed E-state index contributed by atoms with van der Waals surface area (Å²) in [7, 11) is 5.28. The maximum atomic E-state index is 11.9. The number of ether oxygens (including phenoxy) is 2. The number of carbonyl (C=O) groups excluding carboxylic acids is 4. The predicted octanol–water partition coefficient (Wildman–Crippen LogP) is 6.51. The van der Waals surface area contributed by atoms with Crippen LogP contribution in [0.25, 0.3) is 0 Å². The summed E-state index contributed by atoms with van der Waals surface area (Å²) in [6.07, 6.45) is 9.88. The highest BCUT2D eigenvalue weighted by Crippen LogP contribution is 2.21. The van der Waals surface area contributed by atoms with Crippen molar-refractivity contribution in [1.29, 1.82) is 0 Å². The van der Waals surface area contributed by atoms with Gasteiger partial charge in [-0.15, -0.1) is 0 Å². The summed E-state index contributed by atoms with van der Waals surface area (Å²) in [5.74, 6) is 0. The van der Waals surface area contributed by atoms with Gasteiger partial charge in [0.2, 0.25) is 0 Å². The van der Waals surface area contributed by atoms with E-state index in [2.05, 4.69) is 20.3 Å². The molecule has 3 N–H and O–H groups in total. The van der Waals surface area contributed by atoms with E-state index >= 15 is 0 Å². The summed E-state index contributed by atoms with van der Waals surface area (Å²) < 4.78 is 10.6. The molecule has 0 atom stereocenters. The van der Waals surface area contributed by atoms with Crippen molar-refractivity contribution in [3.05, 3.63) is 88.8 Å². The first-order valence-electron chi connectivity index (χ1n) is 17.0. The molecule has 302 valence electrons. The Morgan fingerprint density at radius 1 is 0.667 bits per heavy atom. The number of hydrogen-bond donors (Lipinski definition) is 3. The first kappa shape index (κ1) is 51.4. The number of aryl methyl sites for hydroxylation is 1. The molecule has 14 nitrogen and oxygen atoms in total. The van der Waals surface area contributed by atoms with Gasteiger partial charge >= 0.3 is 18.3 Å². The molecule has 2 amide bonds. The van der Waals surface area contributed by atoms with E-state index in [4.69, 9.17) is 19.1 Å². The zero-order valence-electron chi connectivity index (χ0n) is 33.9. The van der Waals surface area contributed by atoms with Crippen LogP contribution in [-0.2, 0) is 49.9 Å². The minimum Gasteiger partial charge on any atom is -0.444 e. The van der Waals surface area contributed by atoms with E-state index in [9.17, 15) is 19.8 Å². The number of hydrogen-bond acceptors (Lipinski definition) is 12. The lowest BCUT2D eigenvalue weighted by Gasteiger charge is -2.25. The molecule has 0 saturated heterocycles. The highest BCUT2D eigenvalue weighted by molar-refractivity contribution is 5.68. The van der Waals surface area contributed by atoms with Gasteiger partial charge in [0.05, 0.1) is 24.3 Å². The lowest BCUT2D eigenvalue weighted by Crippen LogP contribution is -2.33. The second-order valence-corrected chi connectivity index (χ2v) is 15.4. The molecule has 0 aromatic carbocycles. The summed E-state index contributed by atoms with van der Waals surface area (Å²) in [4.78, 5) is 55.1. The van der Waals surface area contributed by atoms with Crippen molar-refractivity contribution in [2.45, 2.75) is 126 Å². The van der Waals surface area contributed by atoms with Gasteiger partial charge in [0.1, 0.15) is 11.2 Å². The van der Waals surface area contributed by atoms with Crippen LogP contribution in [-0.4, -0.2) is 85.6 Å². The van der Waals surface area contributed by atoms with Gasteiger partial charge in [-0.25, -0.2) is 9.59 Å². The van der Waals surface area contributed by atoms with Crippen molar-refractivity contribution >= 4 is 18.3 Å². The summed E-state index contributed by atoms with van der Waals surface area (Å²) in [5.41, 5.74) is 2.84. The quantitative estimate of drug-likeness (QED) is 0.227. The molecule has 0 spiro atoms. The third-order valence-corrected chi connectivity index (χ3v) is 6.56. The van der Waals surface area contributed by atoms with Crippen LogP contribution in [0.4, 0.5) is 9.59 Å². The molecule has 0 bridgehead atoms. The van der Waals surface area contributed by atoms with Crippen LogP contribution in [0, 0.1) is 6.92 Å². The number of pyridine rings is 3. The monoisotopic (exact) mass is 756 g/mol. The molecule has 0 aliphatic carbocycles. The van der Waals surface area contributed by atoms with Gasteiger partial charge in [-0.1, -0.05) is 13.5 Å². The van der Waals surface area contributed by atoms with Gasteiger partial charge in [-0.2, -0.15) is 9.59 Å². The number of nitrogens with zero attached hydrogens (tertiary/aromatic N) is 5. The van der Waals surface area contributed by atoms with Crippen LogP contribution in [0.15, 0.2) is 55.4 Å². The van der Waals surface area contributed by atoms with Gasteiger partial charge in [-0.3, -0.25) is 15.0 Å². The molecule has 0 radical (unpaired) electrons. The molecule has 3 aromatic heterocycles. The first-order valence-corrected chi connectivity index (χ1v) is 17.0. The van der Waals surface area contributed by atoms with Crippen LogP contribution in [0.3, 0.4) is 0 Å². The molecule has 3 rings (SSSR count). The summed E-state index contributed by atoms with van der Waals surface area (Å²) in [6.45, 7) is 21.6. The minimum atomic E-state index is -0.951. The molecule has 0 unspecified atom stereocenters. The lowest BCUT2D eigenvalue weighted by molar-refractivity contribution is -0.191. The van der Waals surface area contributed by atoms with Crippen LogP contribution >= 0.6 is 0 Å². The van der Waals surface area contributed by atoms with Crippen molar-refractivity contribution in [2.24, 2.45) is 0 Å². The Bertz CT molecular complexity index is 1600. The van der Waals surface area contributed by atoms with Gasteiger partial charge in [-0.05, 0) is 118 Å². The third kappa shape index (κ3) is 23.0. The Kier molecular flexibility index (Phi) is 22.0. The average molecular weight is 757 g/mol. The number of carbonyl (C=O) groups is 2. The van der Waals surface area contributed by atoms with E-state index in [1.807, 2.05) is 73.7 Å². The maximum Gasteiger partial charge on any atom is 0.410 e. The highest BCUT2D eigenvalue weighted by Gasteiger charge is 2.22. The fourth-order valence-electron chi connectivity index (χ4n) is 4.09. The van der Waals surface area contributed by atoms with Crippen LogP contribution < -0.4 is 5.32 Å². The molecule has 0 saturated carbocycles. The third-order valence-electron chi connectivity index (χ3n) is 6.56. The van der Waals surface area contributed by atoms with Gasteiger partial charge < -0.3 is 34.8 Å².